The molecule has 0 aliphatic rings. The van der Waals surface area contributed by atoms with Gasteiger partial charge < -0.3 is 5.21 Å². The van der Waals surface area contributed by atoms with E-state index in [0.29, 0.717) is 17.9 Å². The molecule has 0 amide bonds. The fourth-order valence-electron chi connectivity index (χ4n) is 1.27. The molecule has 0 aliphatic heterocycles. The van der Waals surface area contributed by atoms with Crippen molar-refractivity contribution in [2.24, 2.45) is 11.3 Å². The van der Waals surface area contributed by atoms with E-state index in [1.807, 2.05) is 0 Å². The first-order valence-electron chi connectivity index (χ1n) is 3.82. The molecule has 0 aliphatic carbocycles. The van der Waals surface area contributed by atoms with Crippen LogP contribution in [0.15, 0.2) is 0 Å². The third-order valence-electron chi connectivity index (χ3n) is 1.40. The molecule has 0 fully saturated rings. The van der Waals surface area contributed by atoms with Crippen molar-refractivity contribution in [1.82, 2.24) is 5.48 Å². The third kappa shape index (κ3) is 6.05. The van der Waals surface area contributed by atoms with Crippen LogP contribution in [0.5, 0.6) is 0 Å². The van der Waals surface area contributed by atoms with Crippen LogP contribution in [0.1, 0.15) is 34.1 Å². The van der Waals surface area contributed by atoms with Gasteiger partial charge in [-0.05, 0) is 17.8 Å². The standard InChI is InChI=1S/C8H19NO/c1-7(6-9-10)5-8(2,3)4/h7,9-10H,5-6H2,1-4H3. The molecule has 2 heteroatoms. The maximum Gasteiger partial charge on any atom is 0.0233 e. The fourth-order valence-corrected chi connectivity index (χ4v) is 1.27. The Kier molecular flexibility index (Phi) is 3.91. The minimum absolute atomic E-state index is 0.371. The predicted molar refractivity (Wildman–Crippen MR) is 43.0 cm³/mol. The van der Waals surface area contributed by atoms with Gasteiger partial charge in [0.2, 0.25) is 0 Å². The van der Waals surface area contributed by atoms with Crippen LogP contribution in [0.4, 0.5) is 0 Å². The molecular formula is C8H19NO. The summed E-state index contributed by atoms with van der Waals surface area (Å²) in [6.07, 6.45) is 1.14. The average Bonchev–Trinajstić information content (AvgIpc) is 1.59. The number of hydrogen-bond acceptors (Lipinski definition) is 2. The Balaban J connectivity index is 3.47. The van der Waals surface area contributed by atoms with Crippen molar-refractivity contribution in [2.45, 2.75) is 34.1 Å². The lowest BCUT2D eigenvalue weighted by atomic mass is 9.85. The van der Waals surface area contributed by atoms with Gasteiger partial charge >= 0.3 is 0 Å². The molecule has 2 nitrogen and oxygen atoms in total. The molecule has 0 aromatic carbocycles. The van der Waals surface area contributed by atoms with Crippen LogP contribution in [-0.4, -0.2) is 11.8 Å². The summed E-state index contributed by atoms with van der Waals surface area (Å²) >= 11 is 0. The summed E-state index contributed by atoms with van der Waals surface area (Å²) in [4.78, 5) is 0. The number of rotatable bonds is 3. The number of nitrogens with one attached hydrogen (secondary N) is 1. The van der Waals surface area contributed by atoms with Gasteiger partial charge in [-0.3, -0.25) is 0 Å². The van der Waals surface area contributed by atoms with E-state index in [4.69, 9.17) is 5.21 Å². The van der Waals surface area contributed by atoms with Crippen molar-refractivity contribution >= 4 is 0 Å². The van der Waals surface area contributed by atoms with Crippen LogP contribution in [0.25, 0.3) is 0 Å². The van der Waals surface area contributed by atoms with Crippen LogP contribution in [-0.2, 0) is 0 Å². The van der Waals surface area contributed by atoms with E-state index in [-0.39, 0.29) is 0 Å². The number of hydrogen-bond donors (Lipinski definition) is 2. The first-order chi connectivity index (χ1) is 4.45. The normalized spacial score (nSPS) is 15.3. The first kappa shape index (κ1) is 9.92. The van der Waals surface area contributed by atoms with Gasteiger partial charge in [0.25, 0.3) is 0 Å². The molecule has 0 aromatic rings. The molecule has 0 rings (SSSR count). The van der Waals surface area contributed by atoms with Gasteiger partial charge in [-0.1, -0.05) is 27.7 Å². The van der Waals surface area contributed by atoms with Gasteiger partial charge in [0.1, 0.15) is 0 Å². The Morgan fingerprint density at radius 3 is 2.20 bits per heavy atom. The lowest BCUT2D eigenvalue weighted by Crippen LogP contribution is -2.21. The monoisotopic (exact) mass is 145 g/mol. The highest BCUT2D eigenvalue weighted by molar-refractivity contribution is 4.66. The van der Waals surface area contributed by atoms with Crippen LogP contribution in [0, 0.1) is 11.3 Å². The zero-order valence-electron chi connectivity index (χ0n) is 7.44. The molecule has 0 heterocycles. The van der Waals surface area contributed by atoms with Crippen molar-refractivity contribution in [1.29, 1.82) is 0 Å². The molecule has 1 unspecified atom stereocenters. The lowest BCUT2D eigenvalue weighted by molar-refractivity contribution is 0.140. The van der Waals surface area contributed by atoms with Crippen LogP contribution in [0.3, 0.4) is 0 Å². The zero-order chi connectivity index (χ0) is 8.20. The largest absolute Gasteiger partial charge is 0.317 e. The van der Waals surface area contributed by atoms with E-state index in [1.54, 1.807) is 0 Å². The summed E-state index contributed by atoms with van der Waals surface area (Å²) in [6, 6.07) is 0. The Labute approximate surface area is 63.6 Å². The summed E-state index contributed by atoms with van der Waals surface area (Å²) in [5.41, 5.74) is 2.56. The second kappa shape index (κ2) is 3.94. The highest BCUT2D eigenvalue weighted by Crippen LogP contribution is 2.23. The van der Waals surface area contributed by atoms with E-state index in [0.717, 1.165) is 6.42 Å². The Bertz CT molecular complexity index is 85.7. The molecule has 0 saturated heterocycles. The number of hydroxylamine groups is 1. The van der Waals surface area contributed by atoms with Crippen molar-refractivity contribution < 1.29 is 5.21 Å². The second-order valence-corrected chi connectivity index (χ2v) is 4.23. The fraction of sp³-hybridized carbons (Fsp3) is 1.00. The second-order valence-electron chi connectivity index (χ2n) is 4.23. The molecule has 0 aromatic heterocycles. The summed E-state index contributed by atoms with van der Waals surface area (Å²) < 4.78 is 0. The summed E-state index contributed by atoms with van der Waals surface area (Å²) in [6.45, 7) is 9.45. The van der Waals surface area contributed by atoms with Gasteiger partial charge in [-0.25, -0.2) is 5.48 Å². The Morgan fingerprint density at radius 1 is 1.40 bits per heavy atom. The predicted octanol–water partition coefficient (Wildman–Crippen LogP) is 2.04. The topological polar surface area (TPSA) is 32.3 Å². The summed E-state index contributed by atoms with van der Waals surface area (Å²) in [5.74, 6) is 0.546. The van der Waals surface area contributed by atoms with E-state index < -0.39 is 0 Å². The molecule has 0 spiro atoms. The van der Waals surface area contributed by atoms with E-state index in [2.05, 4.69) is 33.2 Å². The van der Waals surface area contributed by atoms with Gasteiger partial charge in [0, 0.05) is 6.54 Å². The van der Waals surface area contributed by atoms with E-state index in [9.17, 15) is 0 Å². The first-order valence-corrected chi connectivity index (χ1v) is 3.82. The quantitative estimate of drug-likeness (QED) is 0.596. The van der Waals surface area contributed by atoms with Crippen molar-refractivity contribution in [3.05, 3.63) is 0 Å². The van der Waals surface area contributed by atoms with Crippen molar-refractivity contribution in [2.75, 3.05) is 6.54 Å². The Hall–Kier alpha value is -0.0800. The van der Waals surface area contributed by atoms with Crippen LogP contribution in [0.2, 0.25) is 0 Å². The van der Waals surface area contributed by atoms with Crippen molar-refractivity contribution in [3.8, 4) is 0 Å². The molecule has 2 N–H and O–H groups in total. The smallest absolute Gasteiger partial charge is 0.0233 e. The SMILES string of the molecule is CC(CNO)CC(C)(C)C. The zero-order valence-corrected chi connectivity index (χ0v) is 7.44. The van der Waals surface area contributed by atoms with Gasteiger partial charge in [-0.15, -0.1) is 0 Å². The molecule has 0 saturated carbocycles. The minimum atomic E-state index is 0.371. The third-order valence-corrected chi connectivity index (χ3v) is 1.40. The summed E-state index contributed by atoms with van der Waals surface area (Å²) in [7, 11) is 0. The molecule has 1 atom stereocenters. The molecule has 10 heavy (non-hydrogen) atoms. The molecule has 0 bridgehead atoms. The van der Waals surface area contributed by atoms with Gasteiger partial charge in [0.05, 0.1) is 0 Å². The van der Waals surface area contributed by atoms with Crippen molar-refractivity contribution in [3.63, 3.8) is 0 Å². The average molecular weight is 145 g/mol. The maximum absolute atomic E-state index is 8.38. The van der Waals surface area contributed by atoms with E-state index in [1.165, 1.54) is 0 Å². The maximum atomic E-state index is 8.38. The highest BCUT2D eigenvalue weighted by atomic mass is 16.5. The van der Waals surface area contributed by atoms with Crippen LogP contribution >= 0.6 is 0 Å². The molecular weight excluding hydrogens is 126 g/mol. The highest BCUT2D eigenvalue weighted by Gasteiger charge is 2.14. The Morgan fingerprint density at radius 2 is 1.90 bits per heavy atom. The van der Waals surface area contributed by atoms with E-state index >= 15 is 0 Å². The molecule has 0 radical (unpaired) electrons. The molecule has 62 valence electrons. The lowest BCUT2D eigenvalue weighted by Gasteiger charge is -2.22. The summed E-state index contributed by atoms with van der Waals surface area (Å²) in [5, 5.41) is 8.38. The van der Waals surface area contributed by atoms with Gasteiger partial charge in [0.15, 0.2) is 0 Å². The van der Waals surface area contributed by atoms with Crippen LogP contribution < -0.4 is 5.48 Å². The van der Waals surface area contributed by atoms with Gasteiger partial charge in [-0.2, -0.15) is 0 Å². The minimum Gasteiger partial charge on any atom is -0.317 e.